The van der Waals surface area contributed by atoms with Crippen LogP contribution in [0.15, 0.2) is 36.7 Å². The van der Waals surface area contributed by atoms with Gasteiger partial charge in [0.1, 0.15) is 6.54 Å². The molecule has 1 amide bonds. The third-order valence-electron chi connectivity index (χ3n) is 3.10. The van der Waals surface area contributed by atoms with Crippen LogP contribution in [0.25, 0.3) is 0 Å². The minimum Gasteiger partial charge on any atom is -0.480 e. The largest absolute Gasteiger partial charge is 0.480 e. The lowest BCUT2D eigenvalue weighted by Crippen LogP contribution is -2.12. The van der Waals surface area contributed by atoms with Gasteiger partial charge in [-0.3, -0.25) is 14.3 Å². The van der Waals surface area contributed by atoms with Gasteiger partial charge in [-0.05, 0) is 24.5 Å². The molecule has 6 heteroatoms. The van der Waals surface area contributed by atoms with Gasteiger partial charge < -0.3 is 10.4 Å². The van der Waals surface area contributed by atoms with Crippen LogP contribution in [0, 0.1) is 6.92 Å². The fourth-order valence-electron chi connectivity index (χ4n) is 2.02. The Morgan fingerprint density at radius 1 is 1.33 bits per heavy atom. The van der Waals surface area contributed by atoms with Crippen LogP contribution in [-0.4, -0.2) is 26.8 Å². The molecule has 0 aliphatic heterocycles. The average Bonchev–Trinajstić information content (AvgIpc) is 2.84. The normalized spacial score (nSPS) is 10.3. The number of aryl methyl sites for hydroxylation is 2. The highest BCUT2D eigenvalue weighted by molar-refractivity contribution is 5.90. The lowest BCUT2D eigenvalue weighted by Gasteiger charge is -2.05. The van der Waals surface area contributed by atoms with E-state index in [1.54, 1.807) is 0 Å². The molecule has 0 radical (unpaired) electrons. The molecule has 1 heterocycles. The van der Waals surface area contributed by atoms with Crippen molar-refractivity contribution in [1.29, 1.82) is 0 Å². The Kier molecular flexibility index (Phi) is 4.71. The van der Waals surface area contributed by atoms with E-state index in [2.05, 4.69) is 10.4 Å². The van der Waals surface area contributed by atoms with Crippen molar-refractivity contribution in [3.63, 3.8) is 0 Å². The molecule has 0 aliphatic carbocycles. The van der Waals surface area contributed by atoms with Gasteiger partial charge in [0.15, 0.2) is 0 Å². The van der Waals surface area contributed by atoms with Gasteiger partial charge in [0, 0.05) is 12.6 Å². The number of aliphatic carboxylic acids is 1. The number of rotatable bonds is 6. The highest BCUT2D eigenvalue weighted by atomic mass is 16.4. The number of nitrogens with zero attached hydrogens (tertiary/aromatic N) is 2. The summed E-state index contributed by atoms with van der Waals surface area (Å²) < 4.78 is 1.26. The zero-order valence-electron chi connectivity index (χ0n) is 11.7. The predicted molar refractivity (Wildman–Crippen MR) is 78.0 cm³/mol. The second-order valence-electron chi connectivity index (χ2n) is 4.79. The van der Waals surface area contributed by atoms with Crippen LogP contribution in [0.1, 0.15) is 17.5 Å². The van der Waals surface area contributed by atoms with Crippen molar-refractivity contribution in [2.75, 3.05) is 5.32 Å². The summed E-state index contributed by atoms with van der Waals surface area (Å²) >= 11 is 0. The number of nitrogens with one attached hydrogen (secondary N) is 1. The Bertz CT molecular complexity index is 649. The van der Waals surface area contributed by atoms with Crippen molar-refractivity contribution in [1.82, 2.24) is 9.78 Å². The number of hydrogen-bond donors (Lipinski definition) is 2. The van der Waals surface area contributed by atoms with Crippen LogP contribution in [-0.2, 0) is 22.6 Å². The van der Waals surface area contributed by atoms with Crippen LogP contribution < -0.4 is 5.32 Å². The number of carboxylic acids is 1. The number of carbonyl (C=O) groups is 2. The minimum absolute atomic E-state index is 0.117. The number of anilines is 1. The van der Waals surface area contributed by atoms with E-state index in [1.807, 2.05) is 31.2 Å². The number of hydrogen-bond acceptors (Lipinski definition) is 3. The number of aromatic nitrogens is 2. The van der Waals surface area contributed by atoms with E-state index in [9.17, 15) is 9.59 Å². The summed E-state index contributed by atoms with van der Waals surface area (Å²) in [6.45, 7) is 1.79. The molecule has 1 aromatic carbocycles. The second-order valence-corrected chi connectivity index (χ2v) is 4.79. The molecule has 2 N–H and O–H groups in total. The van der Waals surface area contributed by atoms with Crippen molar-refractivity contribution < 1.29 is 14.7 Å². The smallest absolute Gasteiger partial charge is 0.325 e. The van der Waals surface area contributed by atoms with Crippen molar-refractivity contribution in [3.8, 4) is 0 Å². The molecule has 1 aromatic heterocycles. The number of amides is 1. The summed E-state index contributed by atoms with van der Waals surface area (Å²) in [4.78, 5) is 22.4. The Balaban J connectivity index is 1.86. The highest BCUT2D eigenvalue weighted by Crippen LogP contribution is 2.11. The molecule has 0 saturated heterocycles. The van der Waals surface area contributed by atoms with E-state index >= 15 is 0 Å². The van der Waals surface area contributed by atoms with Gasteiger partial charge in [0.25, 0.3) is 0 Å². The monoisotopic (exact) mass is 287 g/mol. The van der Waals surface area contributed by atoms with Crippen LogP contribution in [0.5, 0.6) is 0 Å². The summed E-state index contributed by atoms with van der Waals surface area (Å²) in [7, 11) is 0. The molecule has 6 nitrogen and oxygen atoms in total. The molecule has 110 valence electrons. The van der Waals surface area contributed by atoms with E-state index in [0.717, 1.165) is 5.56 Å². The summed E-state index contributed by atoms with van der Waals surface area (Å²) in [5.74, 6) is -1.09. The van der Waals surface area contributed by atoms with Crippen LogP contribution >= 0.6 is 0 Å². The number of carbonyl (C=O) groups excluding carboxylic acids is 1. The quantitative estimate of drug-likeness (QED) is 0.849. The molecule has 0 saturated carbocycles. The second kappa shape index (κ2) is 6.69. The summed E-state index contributed by atoms with van der Waals surface area (Å²) in [6, 6.07) is 7.95. The molecular weight excluding hydrogens is 270 g/mol. The first-order valence-electron chi connectivity index (χ1n) is 6.63. The fraction of sp³-hybridized carbons (Fsp3) is 0.267. The SMILES string of the molecule is Cc1ccccc1CCC(=O)Nc1cnn(CC(=O)O)c1. The van der Waals surface area contributed by atoms with Crippen molar-refractivity contribution >= 4 is 17.6 Å². The molecule has 0 aliphatic rings. The molecule has 0 bridgehead atoms. The van der Waals surface area contributed by atoms with Crippen LogP contribution in [0.3, 0.4) is 0 Å². The average molecular weight is 287 g/mol. The van der Waals surface area contributed by atoms with E-state index in [-0.39, 0.29) is 12.5 Å². The minimum atomic E-state index is -0.976. The molecule has 0 spiro atoms. The van der Waals surface area contributed by atoms with Crippen LogP contribution in [0.2, 0.25) is 0 Å². The Morgan fingerprint density at radius 2 is 2.10 bits per heavy atom. The van der Waals surface area contributed by atoms with Crippen molar-refractivity contribution in [2.24, 2.45) is 0 Å². The molecule has 0 atom stereocenters. The first-order chi connectivity index (χ1) is 10.0. The maximum Gasteiger partial charge on any atom is 0.325 e. The fourth-order valence-corrected chi connectivity index (χ4v) is 2.02. The molecular formula is C15H17N3O3. The van der Waals surface area contributed by atoms with Gasteiger partial charge in [-0.25, -0.2) is 0 Å². The number of benzene rings is 1. The van der Waals surface area contributed by atoms with Gasteiger partial charge in [0.05, 0.1) is 11.9 Å². The first-order valence-corrected chi connectivity index (χ1v) is 6.63. The summed E-state index contributed by atoms with van der Waals surface area (Å²) in [6.07, 6.45) is 3.98. The van der Waals surface area contributed by atoms with E-state index in [1.165, 1.54) is 22.6 Å². The van der Waals surface area contributed by atoms with E-state index in [4.69, 9.17) is 5.11 Å². The Morgan fingerprint density at radius 3 is 2.81 bits per heavy atom. The third kappa shape index (κ3) is 4.45. The van der Waals surface area contributed by atoms with Gasteiger partial charge >= 0.3 is 5.97 Å². The molecule has 0 fully saturated rings. The van der Waals surface area contributed by atoms with Crippen molar-refractivity contribution in [3.05, 3.63) is 47.8 Å². The third-order valence-corrected chi connectivity index (χ3v) is 3.10. The predicted octanol–water partition coefficient (Wildman–Crippen LogP) is 1.85. The first kappa shape index (κ1) is 14.8. The van der Waals surface area contributed by atoms with Gasteiger partial charge in [-0.1, -0.05) is 24.3 Å². The zero-order chi connectivity index (χ0) is 15.2. The molecule has 21 heavy (non-hydrogen) atoms. The van der Waals surface area contributed by atoms with Gasteiger partial charge in [-0.2, -0.15) is 5.10 Å². The van der Waals surface area contributed by atoms with Crippen molar-refractivity contribution in [2.45, 2.75) is 26.3 Å². The van der Waals surface area contributed by atoms with E-state index in [0.29, 0.717) is 18.5 Å². The van der Waals surface area contributed by atoms with Gasteiger partial charge in [-0.15, -0.1) is 0 Å². The lowest BCUT2D eigenvalue weighted by molar-refractivity contribution is -0.137. The zero-order valence-corrected chi connectivity index (χ0v) is 11.7. The molecule has 2 aromatic rings. The Hall–Kier alpha value is -2.63. The maximum absolute atomic E-state index is 11.9. The summed E-state index contributed by atoms with van der Waals surface area (Å²) in [5, 5.41) is 15.2. The standard InChI is InChI=1S/C15H17N3O3/c1-11-4-2-3-5-12(11)6-7-14(19)17-13-8-16-18(9-13)10-15(20)21/h2-5,8-9H,6-7,10H2,1H3,(H,17,19)(H,20,21). The van der Waals surface area contributed by atoms with Crippen LogP contribution in [0.4, 0.5) is 5.69 Å². The highest BCUT2D eigenvalue weighted by Gasteiger charge is 2.07. The molecule has 0 unspecified atom stereocenters. The lowest BCUT2D eigenvalue weighted by atomic mass is 10.0. The Labute approximate surface area is 122 Å². The maximum atomic E-state index is 11.9. The topological polar surface area (TPSA) is 84.2 Å². The summed E-state index contributed by atoms with van der Waals surface area (Å²) in [5.41, 5.74) is 2.82. The van der Waals surface area contributed by atoms with Gasteiger partial charge in [0.2, 0.25) is 5.91 Å². The van der Waals surface area contributed by atoms with E-state index < -0.39 is 5.97 Å². The molecule has 2 rings (SSSR count). The number of carboxylic acid groups (broad SMARTS) is 1.